The molecule has 0 saturated carbocycles. The van der Waals surface area contributed by atoms with Crippen molar-refractivity contribution in [1.82, 2.24) is 0 Å². The third-order valence-corrected chi connectivity index (χ3v) is 17.1. The van der Waals surface area contributed by atoms with E-state index in [1.807, 2.05) is 0 Å². The molecular weight excluding hydrogens is 359 g/mol. The van der Waals surface area contributed by atoms with Crippen molar-refractivity contribution < 1.29 is 17.4 Å². The van der Waals surface area contributed by atoms with Crippen LogP contribution in [-0.2, 0) is 13.0 Å². The van der Waals surface area contributed by atoms with E-state index in [9.17, 15) is 4.39 Å². The Kier molecular flexibility index (Phi) is 6.69. The van der Waals surface area contributed by atoms with Gasteiger partial charge in [-0.15, -0.1) is 0 Å². The molecule has 0 amide bonds. The standard InChI is InChI=1S/C17H35FO3SSi2/c1-11(2)23(12(3)4)19-9-16-17(15(18)10-22-16)20-24(21-23,13(5)6)14(7)8/h11-17H,9-10H2,1-8H3/t15-,16-,17+/m1/s1. The summed E-state index contributed by atoms with van der Waals surface area (Å²) in [7, 11) is -5.09. The Bertz CT molecular complexity index is 418. The second-order valence-electron chi connectivity index (χ2n) is 8.44. The maximum absolute atomic E-state index is 14.5. The highest BCUT2D eigenvalue weighted by Crippen LogP contribution is 2.48. The zero-order valence-corrected chi connectivity index (χ0v) is 19.3. The topological polar surface area (TPSA) is 27.7 Å². The van der Waals surface area contributed by atoms with Gasteiger partial charge in [0, 0.05) is 5.75 Å². The van der Waals surface area contributed by atoms with Crippen molar-refractivity contribution in [3.05, 3.63) is 0 Å². The van der Waals surface area contributed by atoms with Crippen LogP contribution in [0.15, 0.2) is 0 Å². The van der Waals surface area contributed by atoms with Gasteiger partial charge in [0.1, 0.15) is 6.17 Å². The smallest absolute Gasteiger partial charge is 0.335 e. The van der Waals surface area contributed by atoms with E-state index in [-0.39, 0.29) is 22.4 Å². The first kappa shape index (κ1) is 20.9. The summed E-state index contributed by atoms with van der Waals surface area (Å²) in [6, 6.07) is 0. The fourth-order valence-electron chi connectivity index (χ4n) is 4.07. The molecule has 3 nitrogen and oxygen atoms in total. The molecule has 0 unspecified atom stereocenters. The number of alkyl halides is 1. The molecule has 0 bridgehead atoms. The molecule has 2 rings (SSSR count). The molecule has 142 valence electrons. The van der Waals surface area contributed by atoms with Crippen molar-refractivity contribution in [2.75, 3.05) is 12.4 Å². The SMILES string of the molecule is CC(C)[Si]1(C(C)C)OC[C@H]2SC[C@@H](F)[C@@H]2O[Si](C(C)C)(C(C)C)O1. The summed E-state index contributed by atoms with van der Waals surface area (Å²) in [5.74, 6) is 0.511. The van der Waals surface area contributed by atoms with Crippen LogP contribution in [0.2, 0.25) is 22.2 Å². The van der Waals surface area contributed by atoms with Crippen molar-refractivity contribution in [3.8, 4) is 0 Å². The van der Waals surface area contributed by atoms with Crippen LogP contribution in [0.5, 0.6) is 0 Å². The maximum atomic E-state index is 14.5. The van der Waals surface area contributed by atoms with Crippen LogP contribution < -0.4 is 0 Å². The van der Waals surface area contributed by atoms with Crippen molar-refractivity contribution in [2.24, 2.45) is 0 Å². The largest absolute Gasteiger partial charge is 0.414 e. The van der Waals surface area contributed by atoms with Gasteiger partial charge in [-0.05, 0) is 22.2 Å². The van der Waals surface area contributed by atoms with Gasteiger partial charge in [0.05, 0.1) is 18.0 Å². The number of rotatable bonds is 4. The van der Waals surface area contributed by atoms with Gasteiger partial charge in [-0.25, -0.2) is 4.39 Å². The predicted molar refractivity (Wildman–Crippen MR) is 105 cm³/mol. The van der Waals surface area contributed by atoms with E-state index in [2.05, 4.69) is 55.4 Å². The van der Waals surface area contributed by atoms with Gasteiger partial charge < -0.3 is 13.0 Å². The van der Waals surface area contributed by atoms with Gasteiger partial charge in [0.2, 0.25) is 0 Å². The molecule has 2 aliphatic heterocycles. The monoisotopic (exact) mass is 394 g/mol. The summed E-state index contributed by atoms with van der Waals surface area (Å²) < 4.78 is 34.8. The number of hydrogen-bond acceptors (Lipinski definition) is 4. The number of hydrogen-bond donors (Lipinski definition) is 0. The fraction of sp³-hybridized carbons (Fsp3) is 1.00. The Hall–Kier alpha value is 0.594. The predicted octanol–water partition coefficient (Wildman–Crippen LogP) is 5.40. The lowest BCUT2D eigenvalue weighted by Gasteiger charge is -2.51. The number of fused-ring (bicyclic) bond motifs is 1. The highest BCUT2D eigenvalue weighted by molar-refractivity contribution is 8.00. The lowest BCUT2D eigenvalue weighted by atomic mass is 10.2. The quantitative estimate of drug-likeness (QED) is 0.597. The van der Waals surface area contributed by atoms with E-state index in [0.29, 0.717) is 23.4 Å². The van der Waals surface area contributed by atoms with E-state index in [1.165, 1.54) is 0 Å². The first-order valence-electron chi connectivity index (χ1n) is 9.34. The summed E-state index contributed by atoms with van der Waals surface area (Å²) in [5, 5.41) is 0.0950. The van der Waals surface area contributed by atoms with Gasteiger partial charge in [0.15, 0.2) is 0 Å². The zero-order chi connectivity index (χ0) is 18.3. The minimum absolute atomic E-state index is 0.0950. The average molecular weight is 395 g/mol. The molecule has 0 aromatic heterocycles. The Morgan fingerprint density at radius 1 is 0.875 bits per heavy atom. The van der Waals surface area contributed by atoms with Crippen molar-refractivity contribution in [2.45, 2.75) is 95.1 Å². The van der Waals surface area contributed by atoms with Crippen LogP contribution in [0.4, 0.5) is 4.39 Å². The normalized spacial score (nSPS) is 33.1. The molecule has 0 aromatic rings. The molecule has 2 aliphatic rings. The summed E-state index contributed by atoms with van der Waals surface area (Å²) in [6.45, 7) is 18.1. The molecule has 2 saturated heterocycles. The van der Waals surface area contributed by atoms with Crippen LogP contribution in [0, 0.1) is 0 Å². The molecule has 0 N–H and O–H groups in total. The van der Waals surface area contributed by atoms with Crippen LogP contribution in [-0.4, -0.2) is 47.0 Å². The van der Waals surface area contributed by atoms with E-state index < -0.39 is 23.3 Å². The van der Waals surface area contributed by atoms with E-state index in [0.717, 1.165) is 0 Å². The third kappa shape index (κ3) is 3.53. The van der Waals surface area contributed by atoms with E-state index >= 15 is 0 Å². The summed E-state index contributed by atoms with van der Waals surface area (Å²) in [5.41, 5.74) is 1.22. The fourth-order valence-corrected chi connectivity index (χ4v) is 16.7. The number of halogens is 1. The van der Waals surface area contributed by atoms with Crippen molar-refractivity contribution >= 4 is 28.9 Å². The first-order valence-corrected chi connectivity index (χ1v) is 14.3. The van der Waals surface area contributed by atoms with Gasteiger partial charge in [-0.2, -0.15) is 11.8 Å². The molecule has 0 radical (unpaired) electrons. The van der Waals surface area contributed by atoms with Gasteiger partial charge in [-0.1, -0.05) is 55.4 Å². The van der Waals surface area contributed by atoms with E-state index in [1.54, 1.807) is 11.8 Å². The highest BCUT2D eigenvalue weighted by Gasteiger charge is 2.60. The van der Waals surface area contributed by atoms with Gasteiger partial charge >= 0.3 is 17.1 Å². The minimum atomic E-state index is -2.63. The second-order valence-corrected chi connectivity index (χ2v) is 18.6. The molecule has 3 atom stereocenters. The lowest BCUT2D eigenvalue weighted by molar-refractivity contribution is 0.0388. The molecule has 0 spiro atoms. The molecule has 2 heterocycles. The molecule has 0 aliphatic carbocycles. The number of thioether (sulfide) groups is 1. The van der Waals surface area contributed by atoms with Crippen LogP contribution in [0.25, 0.3) is 0 Å². The Morgan fingerprint density at radius 3 is 1.83 bits per heavy atom. The van der Waals surface area contributed by atoms with Gasteiger partial charge in [-0.3, -0.25) is 0 Å². The lowest BCUT2D eigenvalue weighted by Crippen LogP contribution is -2.65. The molecule has 24 heavy (non-hydrogen) atoms. The van der Waals surface area contributed by atoms with Crippen molar-refractivity contribution in [3.63, 3.8) is 0 Å². The van der Waals surface area contributed by atoms with Crippen LogP contribution in [0.3, 0.4) is 0 Å². The van der Waals surface area contributed by atoms with Gasteiger partial charge in [0.25, 0.3) is 0 Å². The Morgan fingerprint density at radius 2 is 1.38 bits per heavy atom. The average Bonchev–Trinajstić information content (AvgIpc) is 2.77. The van der Waals surface area contributed by atoms with E-state index in [4.69, 9.17) is 13.0 Å². The summed E-state index contributed by atoms with van der Waals surface area (Å²) >= 11 is 1.67. The first-order chi connectivity index (χ1) is 11.1. The molecule has 0 aromatic carbocycles. The molecular formula is C17H35FO3SSi2. The third-order valence-electron chi connectivity index (χ3n) is 5.52. The molecule has 2 fully saturated rings. The maximum Gasteiger partial charge on any atom is 0.335 e. The van der Waals surface area contributed by atoms with Crippen LogP contribution in [0.1, 0.15) is 55.4 Å². The highest BCUT2D eigenvalue weighted by atomic mass is 32.2. The van der Waals surface area contributed by atoms with Crippen LogP contribution >= 0.6 is 11.8 Å². The summed E-state index contributed by atoms with van der Waals surface area (Å²) in [6.07, 6.45) is -1.29. The molecule has 7 heteroatoms. The zero-order valence-electron chi connectivity index (χ0n) is 16.5. The Labute approximate surface area is 153 Å². The minimum Gasteiger partial charge on any atom is -0.414 e. The summed E-state index contributed by atoms with van der Waals surface area (Å²) in [4.78, 5) is 0. The van der Waals surface area contributed by atoms with Crippen molar-refractivity contribution in [1.29, 1.82) is 0 Å². The second kappa shape index (κ2) is 7.68. The Balaban J connectivity index is 2.51.